The average molecular weight is 393 g/mol. The van der Waals surface area contributed by atoms with E-state index in [4.69, 9.17) is 4.74 Å². The molecule has 148 valence electrons. The lowest BCUT2D eigenvalue weighted by Gasteiger charge is -2.37. The van der Waals surface area contributed by atoms with E-state index >= 15 is 0 Å². The van der Waals surface area contributed by atoms with Gasteiger partial charge in [0.25, 0.3) is 5.91 Å². The Morgan fingerprint density at radius 3 is 2.44 bits per heavy atom. The van der Waals surface area contributed by atoms with Crippen molar-refractivity contribution in [1.29, 1.82) is 0 Å². The van der Waals surface area contributed by atoms with Crippen LogP contribution < -0.4 is 4.74 Å². The molecular weight excluding hydrogens is 364 g/mol. The van der Waals surface area contributed by atoms with Gasteiger partial charge in [-0.15, -0.1) is 0 Å². The van der Waals surface area contributed by atoms with E-state index in [0.717, 1.165) is 38.1 Å². The Kier molecular flexibility index (Phi) is 5.41. The van der Waals surface area contributed by atoms with Crippen molar-refractivity contribution >= 4 is 15.7 Å². The summed E-state index contributed by atoms with van der Waals surface area (Å²) in [6.07, 6.45) is 5.62. The second-order valence-electron chi connectivity index (χ2n) is 7.94. The highest BCUT2D eigenvalue weighted by Crippen LogP contribution is 2.25. The molecule has 0 aromatic heterocycles. The Labute approximate surface area is 161 Å². The fourth-order valence-electron chi connectivity index (χ4n) is 4.44. The summed E-state index contributed by atoms with van der Waals surface area (Å²) in [6.45, 7) is 2.76. The summed E-state index contributed by atoms with van der Waals surface area (Å²) in [5.41, 5.74) is 0.669. The third-order valence-corrected chi connectivity index (χ3v) is 7.76. The number of piperazine rings is 1. The predicted octanol–water partition coefficient (Wildman–Crippen LogP) is 1.95. The summed E-state index contributed by atoms with van der Waals surface area (Å²) < 4.78 is 29.4. The Morgan fingerprint density at radius 2 is 1.78 bits per heavy atom. The van der Waals surface area contributed by atoms with Crippen molar-refractivity contribution in [3.05, 3.63) is 29.8 Å². The number of benzene rings is 1. The molecule has 1 unspecified atom stereocenters. The molecule has 0 bridgehead atoms. The maximum Gasteiger partial charge on any atom is 0.254 e. The first-order valence-electron chi connectivity index (χ1n) is 10.0. The van der Waals surface area contributed by atoms with Gasteiger partial charge in [-0.25, -0.2) is 8.42 Å². The Balaban J connectivity index is 1.34. The van der Waals surface area contributed by atoms with Crippen molar-refractivity contribution in [2.75, 3.05) is 37.7 Å². The molecule has 1 saturated carbocycles. The lowest BCUT2D eigenvalue weighted by molar-refractivity contribution is 0.0587. The lowest BCUT2D eigenvalue weighted by Crippen LogP contribution is -2.52. The highest BCUT2D eigenvalue weighted by molar-refractivity contribution is 7.91. The number of sulfone groups is 1. The number of carbonyl (C=O) groups excluding carboxylic acids is 1. The Morgan fingerprint density at radius 1 is 1.04 bits per heavy atom. The third-order valence-electron chi connectivity index (χ3n) is 6.01. The van der Waals surface area contributed by atoms with Gasteiger partial charge in [-0.3, -0.25) is 9.69 Å². The second-order valence-corrected chi connectivity index (χ2v) is 10.2. The van der Waals surface area contributed by atoms with Crippen LogP contribution in [0.1, 0.15) is 42.5 Å². The monoisotopic (exact) mass is 392 g/mol. The van der Waals surface area contributed by atoms with Crippen LogP contribution in [0.4, 0.5) is 0 Å². The normalized spacial score (nSPS) is 26.4. The van der Waals surface area contributed by atoms with Gasteiger partial charge >= 0.3 is 0 Å². The van der Waals surface area contributed by atoms with E-state index in [9.17, 15) is 13.2 Å². The van der Waals surface area contributed by atoms with Crippen LogP contribution in [0.5, 0.6) is 5.75 Å². The molecule has 0 N–H and O–H groups in total. The number of ether oxygens (including phenoxy) is 1. The smallest absolute Gasteiger partial charge is 0.254 e. The first-order chi connectivity index (χ1) is 13.0. The molecule has 1 amide bonds. The van der Waals surface area contributed by atoms with Gasteiger partial charge in [0.2, 0.25) is 0 Å². The molecular formula is C20H28N2O4S. The molecule has 0 spiro atoms. The van der Waals surface area contributed by atoms with E-state index in [2.05, 4.69) is 4.90 Å². The fourth-order valence-corrected chi connectivity index (χ4v) is 6.20. The van der Waals surface area contributed by atoms with Crippen LogP contribution in [0.3, 0.4) is 0 Å². The van der Waals surface area contributed by atoms with Crippen LogP contribution in [0.25, 0.3) is 0 Å². The number of hydrogen-bond donors (Lipinski definition) is 0. The fraction of sp³-hybridized carbons (Fsp3) is 0.650. The van der Waals surface area contributed by atoms with Gasteiger partial charge in [0.05, 0.1) is 17.6 Å². The minimum absolute atomic E-state index is 0.0329. The van der Waals surface area contributed by atoms with Crippen LogP contribution >= 0.6 is 0 Å². The molecule has 6 nitrogen and oxygen atoms in total. The molecule has 3 fully saturated rings. The molecule has 0 radical (unpaired) electrons. The van der Waals surface area contributed by atoms with E-state index in [1.807, 2.05) is 29.2 Å². The molecule has 1 aromatic rings. The molecule has 3 aliphatic rings. The summed E-state index contributed by atoms with van der Waals surface area (Å²) in [5.74, 6) is 1.37. The van der Waals surface area contributed by atoms with Crippen molar-refractivity contribution in [1.82, 2.24) is 9.80 Å². The van der Waals surface area contributed by atoms with Crippen LogP contribution in [0, 0.1) is 0 Å². The zero-order valence-corrected chi connectivity index (χ0v) is 16.5. The summed E-state index contributed by atoms with van der Waals surface area (Å²) in [7, 11) is -2.87. The number of hydrogen-bond acceptors (Lipinski definition) is 5. The molecule has 2 aliphatic heterocycles. The minimum Gasteiger partial charge on any atom is -0.490 e. The van der Waals surface area contributed by atoms with Gasteiger partial charge < -0.3 is 9.64 Å². The van der Waals surface area contributed by atoms with Crippen LogP contribution in [-0.2, 0) is 9.84 Å². The molecule has 4 rings (SSSR count). The molecule has 1 atom stereocenters. The molecule has 2 heterocycles. The molecule has 1 aromatic carbocycles. The minimum atomic E-state index is -2.87. The maximum absolute atomic E-state index is 12.9. The molecule has 2 saturated heterocycles. The Hall–Kier alpha value is -1.60. The van der Waals surface area contributed by atoms with Gasteiger partial charge in [0.15, 0.2) is 9.84 Å². The second kappa shape index (κ2) is 7.80. The van der Waals surface area contributed by atoms with Gasteiger partial charge in [0.1, 0.15) is 5.75 Å². The predicted molar refractivity (Wildman–Crippen MR) is 104 cm³/mol. The summed E-state index contributed by atoms with van der Waals surface area (Å²) >= 11 is 0. The number of amides is 1. The SMILES string of the molecule is O=C(c1cccc(OC2CCCC2)c1)N1CCN(C2CCS(=O)(=O)C2)CC1. The van der Waals surface area contributed by atoms with E-state index in [0.29, 0.717) is 24.4 Å². The average Bonchev–Trinajstić information content (AvgIpc) is 3.31. The zero-order chi connectivity index (χ0) is 18.9. The Bertz CT molecular complexity index is 781. The van der Waals surface area contributed by atoms with Gasteiger partial charge in [-0.2, -0.15) is 0 Å². The quantitative estimate of drug-likeness (QED) is 0.784. The number of carbonyl (C=O) groups is 1. The first kappa shape index (κ1) is 18.7. The van der Waals surface area contributed by atoms with Crippen molar-refractivity contribution in [2.45, 2.75) is 44.2 Å². The van der Waals surface area contributed by atoms with E-state index in [1.54, 1.807) is 0 Å². The van der Waals surface area contributed by atoms with Crippen LogP contribution in [0.15, 0.2) is 24.3 Å². The van der Waals surface area contributed by atoms with Gasteiger partial charge in [-0.05, 0) is 50.3 Å². The maximum atomic E-state index is 12.9. The third kappa shape index (κ3) is 4.46. The highest BCUT2D eigenvalue weighted by Gasteiger charge is 2.34. The van der Waals surface area contributed by atoms with E-state index in [-0.39, 0.29) is 23.8 Å². The summed E-state index contributed by atoms with van der Waals surface area (Å²) in [4.78, 5) is 17.0. The van der Waals surface area contributed by atoms with Crippen molar-refractivity contribution in [3.63, 3.8) is 0 Å². The lowest BCUT2D eigenvalue weighted by atomic mass is 10.1. The largest absolute Gasteiger partial charge is 0.490 e. The first-order valence-corrected chi connectivity index (χ1v) is 11.8. The van der Waals surface area contributed by atoms with Crippen LogP contribution in [-0.4, -0.2) is 74.0 Å². The van der Waals surface area contributed by atoms with Gasteiger partial charge in [0, 0.05) is 37.8 Å². The van der Waals surface area contributed by atoms with Crippen molar-refractivity contribution in [3.8, 4) is 5.75 Å². The standard InChI is InChI=1S/C20H28N2O4S/c23-20(16-4-3-7-19(14-16)26-18-5-1-2-6-18)22-11-9-21(10-12-22)17-8-13-27(24,25)15-17/h3-4,7,14,17-18H,1-2,5-6,8-13,15H2. The van der Waals surface area contributed by atoms with Crippen molar-refractivity contribution in [2.24, 2.45) is 0 Å². The number of rotatable bonds is 4. The van der Waals surface area contributed by atoms with E-state index in [1.165, 1.54) is 12.8 Å². The molecule has 1 aliphatic carbocycles. The van der Waals surface area contributed by atoms with Crippen LogP contribution in [0.2, 0.25) is 0 Å². The summed E-state index contributed by atoms with van der Waals surface area (Å²) in [5, 5.41) is 0. The zero-order valence-electron chi connectivity index (χ0n) is 15.7. The number of nitrogens with zero attached hydrogens (tertiary/aromatic N) is 2. The molecule has 27 heavy (non-hydrogen) atoms. The van der Waals surface area contributed by atoms with Gasteiger partial charge in [-0.1, -0.05) is 6.07 Å². The molecule has 7 heteroatoms. The topological polar surface area (TPSA) is 66.9 Å². The van der Waals surface area contributed by atoms with E-state index < -0.39 is 9.84 Å². The summed E-state index contributed by atoms with van der Waals surface area (Å²) in [6, 6.07) is 7.64. The van der Waals surface area contributed by atoms with Crippen molar-refractivity contribution < 1.29 is 17.9 Å². The highest BCUT2D eigenvalue weighted by atomic mass is 32.2.